The first-order valence-electron chi connectivity index (χ1n) is 8.96. The number of nitrogens with zero attached hydrogens (tertiary/aromatic N) is 3. The highest BCUT2D eigenvalue weighted by Gasteiger charge is 2.19. The highest BCUT2D eigenvalue weighted by molar-refractivity contribution is 6.13. The van der Waals surface area contributed by atoms with E-state index < -0.39 is 0 Å². The van der Waals surface area contributed by atoms with Crippen LogP contribution in [0.2, 0.25) is 0 Å². The first-order valence-corrected chi connectivity index (χ1v) is 8.96. The van der Waals surface area contributed by atoms with E-state index in [1.54, 1.807) is 22.9 Å². The van der Waals surface area contributed by atoms with Crippen molar-refractivity contribution < 1.29 is 14.3 Å². The summed E-state index contributed by atoms with van der Waals surface area (Å²) in [6.45, 7) is 8.59. The molecule has 0 saturated heterocycles. The van der Waals surface area contributed by atoms with Gasteiger partial charge in [-0.25, -0.2) is 4.98 Å². The summed E-state index contributed by atoms with van der Waals surface area (Å²) in [4.78, 5) is 17.6. The van der Waals surface area contributed by atoms with Crippen molar-refractivity contribution in [3.8, 4) is 11.5 Å². The number of hydrogen-bond acceptors (Lipinski definition) is 5. The number of carbonyl (C=O) groups is 1. The molecule has 2 heterocycles. The monoisotopic (exact) mass is 368 g/mol. The van der Waals surface area contributed by atoms with Gasteiger partial charge in [0.05, 0.1) is 35.5 Å². The average Bonchev–Trinajstić information content (AvgIpc) is 2.91. The second-order valence-electron chi connectivity index (χ2n) is 6.20. The molecular weight excluding hydrogens is 344 g/mol. The molecule has 0 spiro atoms. The zero-order chi connectivity index (χ0) is 19.6. The van der Waals surface area contributed by atoms with E-state index in [2.05, 4.69) is 15.4 Å². The standard InChI is InChI=1S/C20H24N4O3/c1-6-26-14-8-9-17(27-7-2)16(11-14)22-20(25)15-10-12(3)21-19-18(15)13(4)23-24(19)5/h8-11H,6-7H2,1-5H3,(H,22,25). The molecule has 0 saturated carbocycles. The van der Waals surface area contributed by atoms with E-state index >= 15 is 0 Å². The molecule has 27 heavy (non-hydrogen) atoms. The molecule has 142 valence electrons. The molecule has 1 aromatic carbocycles. The Balaban J connectivity index is 2.03. The molecule has 0 aliphatic heterocycles. The van der Waals surface area contributed by atoms with E-state index in [4.69, 9.17) is 9.47 Å². The third-order valence-electron chi connectivity index (χ3n) is 4.15. The number of amides is 1. The summed E-state index contributed by atoms with van der Waals surface area (Å²) in [5.74, 6) is 1.03. The van der Waals surface area contributed by atoms with Crippen LogP contribution in [0, 0.1) is 13.8 Å². The largest absolute Gasteiger partial charge is 0.494 e. The summed E-state index contributed by atoms with van der Waals surface area (Å²) >= 11 is 0. The van der Waals surface area contributed by atoms with Crippen molar-refractivity contribution in [2.24, 2.45) is 7.05 Å². The van der Waals surface area contributed by atoms with Gasteiger partial charge in [-0.3, -0.25) is 9.48 Å². The number of nitrogens with one attached hydrogen (secondary N) is 1. The minimum absolute atomic E-state index is 0.240. The number of anilines is 1. The fourth-order valence-corrected chi connectivity index (χ4v) is 3.08. The SMILES string of the molecule is CCOc1ccc(OCC)c(NC(=O)c2cc(C)nc3c2c(C)nn3C)c1. The minimum Gasteiger partial charge on any atom is -0.494 e. The van der Waals surface area contributed by atoms with E-state index in [1.165, 1.54) is 0 Å². The number of fused-ring (bicyclic) bond motifs is 1. The van der Waals surface area contributed by atoms with Gasteiger partial charge in [0, 0.05) is 18.8 Å². The molecule has 1 amide bonds. The van der Waals surface area contributed by atoms with Crippen LogP contribution >= 0.6 is 0 Å². The maximum atomic E-state index is 13.1. The predicted molar refractivity (Wildman–Crippen MR) is 105 cm³/mol. The highest BCUT2D eigenvalue weighted by atomic mass is 16.5. The van der Waals surface area contributed by atoms with Crippen LogP contribution in [-0.4, -0.2) is 33.9 Å². The summed E-state index contributed by atoms with van der Waals surface area (Å²) in [5, 5.41) is 8.10. The Morgan fingerprint density at radius 3 is 2.59 bits per heavy atom. The van der Waals surface area contributed by atoms with Gasteiger partial charge in [-0.1, -0.05) is 0 Å². The number of aromatic nitrogens is 3. The maximum Gasteiger partial charge on any atom is 0.256 e. The molecule has 1 N–H and O–H groups in total. The second kappa shape index (κ2) is 7.65. The fourth-order valence-electron chi connectivity index (χ4n) is 3.08. The van der Waals surface area contributed by atoms with Crippen LogP contribution in [-0.2, 0) is 7.05 Å². The lowest BCUT2D eigenvalue weighted by Gasteiger charge is -2.14. The summed E-state index contributed by atoms with van der Waals surface area (Å²) in [6, 6.07) is 7.17. The van der Waals surface area contributed by atoms with E-state index in [0.717, 1.165) is 16.8 Å². The molecule has 7 nitrogen and oxygen atoms in total. The van der Waals surface area contributed by atoms with Crippen molar-refractivity contribution in [1.29, 1.82) is 0 Å². The van der Waals surface area contributed by atoms with Crippen LogP contribution in [0.3, 0.4) is 0 Å². The molecule has 0 aliphatic rings. The normalized spacial score (nSPS) is 10.9. The van der Waals surface area contributed by atoms with Crippen molar-refractivity contribution in [1.82, 2.24) is 14.8 Å². The Kier molecular flexibility index (Phi) is 5.30. The zero-order valence-corrected chi connectivity index (χ0v) is 16.3. The third-order valence-corrected chi connectivity index (χ3v) is 4.15. The van der Waals surface area contributed by atoms with Crippen LogP contribution in [0.15, 0.2) is 24.3 Å². The molecule has 7 heteroatoms. The van der Waals surface area contributed by atoms with Gasteiger partial charge in [0.2, 0.25) is 0 Å². The molecule has 0 aliphatic carbocycles. The maximum absolute atomic E-state index is 13.1. The van der Waals surface area contributed by atoms with Gasteiger partial charge in [-0.2, -0.15) is 5.10 Å². The lowest BCUT2D eigenvalue weighted by Crippen LogP contribution is -2.14. The smallest absolute Gasteiger partial charge is 0.256 e. The molecule has 2 aromatic heterocycles. The minimum atomic E-state index is -0.240. The van der Waals surface area contributed by atoms with Crippen LogP contribution in [0.25, 0.3) is 11.0 Å². The number of pyridine rings is 1. The van der Waals surface area contributed by atoms with E-state index in [-0.39, 0.29) is 5.91 Å². The van der Waals surface area contributed by atoms with Crippen LogP contribution in [0.4, 0.5) is 5.69 Å². The molecule has 3 rings (SSSR count). The number of hydrogen-bond donors (Lipinski definition) is 1. The average molecular weight is 368 g/mol. The molecule has 0 unspecified atom stereocenters. The molecule has 0 fully saturated rings. The van der Waals surface area contributed by atoms with Gasteiger partial charge >= 0.3 is 0 Å². The Morgan fingerprint density at radius 2 is 1.89 bits per heavy atom. The molecule has 3 aromatic rings. The third kappa shape index (κ3) is 3.72. The molecular formula is C20H24N4O3. The van der Waals surface area contributed by atoms with Crippen molar-refractivity contribution >= 4 is 22.6 Å². The van der Waals surface area contributed by atoms with Gasteiger partial charge < -0.3 is 14.8 Å². The Labute approximate surface area is 158 Å². The fraction of sp³-hybridized carbons (Fsp3) is 0.350. The van der Waals surface area contributed by atoms with Crippen LogP contribution < -0.4 is 14.8 Å². The predicted octanol–water partition coefficient (Wildman–Crippen LogP) is 3.63. The molecule has 0 atom stereocenters. The Hall–Kier alpha value is -3.09. The van der Waals surface area contributed by atoms with Gasteiger partial charge in [0.15, 0.2) is 5.65 Å². The number of benzene rings is 1. The molecule has 0 bridgehead atoms. The lowest BCUT2D eigenvalue weighted by molar-refractivity contribution is 0.102. The van der Waals surface area contributed by atoms with Crippen molar-refractivity contribution in [3.63, 3.8) is 0 Å². The number of ether oxygens (including phenoxy) is 2. The topological polar surface area (TPSA) is 78.3 Å². The zero-order valence-electron chi connectivity index (χ0n) is 16.3. The number of aryl methyl sites for hydroxylation is 3. The Bertz CT molecular complexity index is 995. The van der Waals surface area contributed by atoms with Gasteiger partial charge in [0.25, 0.3) is 5.91 Å². The first-order chi connectivity index (χ1) is 12.9. The molecule has 0 radical (unpaired) electrons. The number of carbonyl (C=O) groups excluding carboxylic acids is 1. The summed E-state index contributed by atoms with van der Waals surface area (Å²) in [7, 11) is 1.82. The van der Waals surface area contributed by atoms with Crippen LogP contribution in [0.5, 0.6) is 11.5 Å². The number of rotatable bonds is 6. The highest BCUT2D eigenvalue weighted by Crippen LogP contribution is 2.31. The van der Waals surface area contributed by atoms with Gasteiger partial charge in [-0.05, 0) is 45.9 Å². The van der Waals surface area contributed by atoms with Crippen molar-refractivity contribution in [2.45, 2.75) is 27.7 Å². The first kappa shape index (κ1) is 18.7. The van der Waals surface area contributed by atoms with Crippen molar-refractivity contribution in [2.75, 3.05) is 18.5 Å². The second-order valence-corrected chi connectivity index (χ2v) is 6.20. The summed E-state index contributed by atoms with van der Waals surface area (Å²) in [6.07, 6.45) is 0. The van der Waals surface area contributed by atoms with Gasteiger partial charge in [-0.15, -0.1) is 0 Å². The summed E-state index contributed by atoms with van der Waals surface area (Å²) in [5.41, 5.74) is 3.30. The van der Waals surface area contributed by atoms with Crippen LogP contribution in [0.1, 0.15) is 35.6 Å². The summed E-state index contributed by atoms with van der Waals surface area (Å²) < 4.78 is 12.9. The quantitative estimate of drug-likeness (QED) is 0.719. The Morgan fingerprint density at radius 1 is 1.15 bits per heavy atom. The van der Waals surface area contributed by atoms with E-state index in [0.29, 0.717) is 41.6 Å². The van der Waals surface area contributed by atoms with E-state index in [1.807, 2.05) is 40.8 Å². The lowest BCUT2D eigenvalue weighted by atomic mass is 10.1. The van der Waals surface area contributed by atoms with Gasteiger partial charge in [0.1, 0.15) is 11.5 Å². The van der Waals surface area contributed by atoms with Crippen molar-refractivity contribution in [3.05, 3.63) is 41.2 Å². The van der Waals surface area contributed by atoms with E-state index in [9.17, 15) is 4.79 Å².